The molecule has 110 valence electrons. The normalized spacial score (nSPS) is 11.3. The van der Waals surface area contributed by atoms with Crippen LogP contribution in [0.1, 0.15) is 11.1 Å². The summed E-state index contributed by atoms with van der Waals surface area (Å²) in [5.74, 6) is -0.454. The zero-order valence-corrected chi connectivity index (χ0v) is 12.0. The molecule has 2 rings (SSSR count). The number of rotatable bonds is 4. The van der Waals surface area contributed by atoms with Crippen molar-refractivity contribution in [3.63, 3.8) is 0 Å². The maximum absolute atomic E-state index is 12.3. The van der Waals surface area contributed by atoms with E-state index in [1.54, 1.807) is 19.1 Å². The molecule has 0 bridgehead atoms. The molecule has 7 heteroatoms. The smallest absolute Gasteiger partial charge is 0.269 e. The van der Waals surface area contributed by atoms with Gasteiger partial charge in [-0.05, 0) is 25.1 Å². The Balaban J connectivity index is 2.34. The minimum Gasteiger partial charge on any atom is -0.508 e. The molecule has 0 saturated carbocycles. The van der Waals surface area contributed by atoms with Crippen molar-refractivity contribution in [1.82, 2.24) is 0 Å². The van der Waals surface area contributed by atoms with Crippen LogP contribution in [0.15, 0.2) is 47.4 Å². The van der Waals surface area contributed by atoms with Gasteiger partial charge in [-0.1, -0.05) is 17.7 Å². The van der Waals surface area contributed by atoms with Crippen LogP contribution in [-0.2, 0) is 15.6 Å². The van der Waals surface area contributed by atoms with E-state index in [2.05, 4.69) is 0 Å². The number of nitro groups is 1. The maximum Gasteiger partial charge on any atom is 0.269 e. The topological polar surface area (TPSA) is 97.5 Å². The minimum absolute atomic E-state index is 0.0194. The number of aryl methyl sites for hydroxylation is 1. The number of sulfone groups is 1. The molecule has 21 heavy (non-hydrogen) atoms. The van der Waals surface area contributed by atoms with Gasteiger partial charge in [0.25, 0.3) is 5.69 Å². The first-order valence-corrected chi connectivity index (χ1v) is 7.70. The van der Waals surface area contributed by atoms with Crippen molar-refractivity contribution < 1.29 is 18.4 Å². The monoisotopic (exact) mass is 307 g/mol. The van der Waals surface area contributed by atoms with E-state index in [9.17, 15) is 23.6 Å². The fourth-order valence-electron chi connectivity index (χ4n) is 1.89. The number of benzene rings is 2. The molecule has 6 nitrogen and oxygen atoms in total. The number of non-ortho nitro benzene ring substituents is 1. The summed E-state index contributed by atoms with van der Waals surface area (Å²) in [6.07, 6.45) is 0. The molecule has 0 heterocycles. The highest BCUT2D eigenvalue weighted by Crippen LogP contribution is 2.25. The Morgan fingerprint density at radius 3 is 2.33 bits per heavy atom. The van der Waals surface area contributed by atoms with E-state index in [0.717, 1.165) is 17.7 Å². The van der Waals surface area contributed by atoms with Crippen LogP contribution in [0.2, 0.25) is 0 Å². The van der Waals surface area contributed by atoms with Crippen molar-refractivity contribution in [2.45, 2.75) is 17.6 Å². The van der Waals surface area contributed by atoms with E-state index < -0.39 is 14.8 Å². The quantitative estimate of drug-likeness (QED) is 0.691. The van der Waals surface area contributed by atoms with Gasteiger partial charge in [-0.2, -0.15) is 0 Å². The Hall–Kier alpha value is -2.41. The first kappa shape index (κ1) is 15.0. The summed E-state index contributed by atoms with van der Waals surface area (Å²) in [5, 5.41) is 20.3. The first-order valence-electron chi connectivity index (χ1n) is 6.05. The summed E-state index contributed by atoms with van der Waals surface area (Å²) in [6.45, 7) is 1.79. The van der Waals surface area contributed by atoms with Crippen LogP contribution in [0.5, 0.6) is 5.75 Å². The molecular weight excluding hydrogens is 294 g/mol. The van der Waals surface area contributed by atoms with Crippen LogP contribution in [-0.4, -0.2) is 18.4 Å². The molecular formula is C14H13NO5S. The number of nitrogens with zero attached hydrogens (tertiary/aromatic N) is 1. The highest BCUT2D eigenvalue weighted by Gasteiger charge is 2.18. The predicted octanol–water partition coefficient (Wildman–Crippen LogP) is 2.58. The number of aromatic hydroxyl groups is 1. The summed E-state index contributed by atoms with van der Waals surface area (Å²) in [5.41, 5.74) is 0.961. The molecule has 0 fully saturated rings. The Morgan fingerprint density at radius 2 is 1.76 bits per heavy atom. The number of hydrogen-bond acceptors (Lipinski definition) is 5. The lowest BCUT2D eigenvalue weighted by Gasteiger charge is -2.07. The van der Waals surface area contributed by atoms with Gasteiger partial charge < -0.3 is 5.11 Å². The lowest BCUT2D eigenvalue weighted by atomic mass is 10.1. The van der Waals surface area contributed by atoms with Gasteiger partial charge in [0, 0.05) is 17.7 Å². The summed E-state index contributed by atoms with van der Waals surface area (Å²) >= 11 is 0. The molecule has 0 atom stereocenters. The molecule has 0 saturated heterocycles. The third kappa shape index (κ3) is 3.38. The Labute approximate surface area is 121 Å². The fraction of sp³-hybridized carbons (Fsp3) is 0.143. The number of phenols is 1. The summed E-state index contributed by atoms with van der Waals surface area (Å²) in [6, 6.07) is 9.39. The van der Waals surface area contributed by atoms with Gasteiger partial charge in [-0.15, -0.1) is 0 Å². The molecule has 0 aliphatic heterocycles. The van der Waals surface area contributed by atoms with Crippen LogP contribution in [0, 0.1) is 17.0 Å². The molecule has 0 unspecified atom stereocenters. The van der Waals surface area contributed by atoms with Crippen molar-refractivity contribution in [1.29, 1.82) is 0 Å². The van der Waals surface area contributed by atoms with E-state index in [4.69, 9.17) is 0 Å². The van der Waals surface area contributed by atoms with Gasteiger partial charge in [-0.25, -0.2) is 8.42 Å². The highest BCUT2D eigenvalue weighted by molar-refractivity contribution is 7.90. The maximum atomic E-state index is 12.3. The van der Waals surface area contributed by atoms with Crippen molar-refractivity contribution in [2.75, 3.05) is 0 Å². The standard InChI is InChI=1S/C14H13NO5S/c1-10-2-7-14(16)11(8-10)9-21(19,20)13-5-3-12(4-6-13)15(17)18/h2-8,16H,9H2,1H3. The summed E-state index contributed by atoms with van der Waals surface area (Å²) in [7, 11) is -3.68. The predicted molar refractivity (Wildman–Crippen MR) is 76.8 cm³/mol. The highest BCUT2D eigenvalue weighted by atomic mass is 32.2. The molecule has 0 radical (unpaired) electrons. The van der Waals surface area contributed by atoms with Crippen molar-refractivity contribution in [2.24, 2.45) is 0 Å². The second-order valence-electron chi connectivity index (χ2n) is 4.64. The van der Waals surface area contributed by atoms with E-state index in [1.165, 1.54) is 18.2 Å². The summed E-state index contributed by atoms with van der Waals surface area (Å²) < 4.78 is 24.5. The Morgan fingerprint density at radius 1 is 1.14 bits per heavy atom. The van der Waals surface area contributed by atoms with E-state index in [-0.39, 0.29) is 22.1 Å². The van der Waals surface area contributed by atoms with Crippen LogP contribution in [0.25, 0.3) is 0 Å². The zero-order valence-electron chi connectivity index (χ0n) is 11.2. The van der Waals surface area contributed by atoms with Gasteiger partial charge in [0.15, 0.2) is 9.84 Å². The van der Waals surface area contributed by atoms with Gasteiger partial charge in [0.2, 0.25) is 0 Å². The number of hydrogen-bond donors (Lipinski definition) is 1. The van der Waals surface area contributed by atoms with E-state index in [0.29, 0.717) is 5.56 Å². The molecule has 2 aromatic carbocycles. The lowest BCUT2D eigenvalue weighted by molar-refractivity contribution is -0.384. The van der Waals surface area contributed by atoms with Crippen molar-refractivity contribution in [3.8, 4) is 5.75 Å². The minimum atomic E-state index is -3.68. The zero-order chi connectivity index (χ0) is 15.6. The van der Waals surface area contributed by atoms with Gasteiger partial charge in [0.1, 0.15) is 5.75 Å². The molecule has 0 spiro atoms. The molecule has 0 aliphatic rings. The molecule has 0 aliphatic carbocycles. The number of nitro benzene ring substituents is 1. The SMILES string of the molecule is Cc1ccc(O)c(CS(=O)(=O)c2ccc([N+](=O)[O-])cc2)c1. The van der Waals surface area contributed by atoms with Crippen LogP contribution in [0.4, 0.5) is 5.69 Å². The average molecular weight is 307 g/mol. The van der Waals surface area contributed by atoms with E-state index in [1.807, 2.05) is 0 Å². The van der Waals surface area contributed by atoms with Gasteiger partial charge in [-0.3, -0.25) is 10.1 Å². The molecule has 1 N–H and O–H groups in total. The number of phenolic OH excluding ortho intramolecular Hbond substituents is 1. The fourth-order valence-corrected chi connectivity index (χ4v) is 3.25. The summed E-state index contributed by atoms with van der Waals surface area (Å²) in [4.78, 5) is 9.94. The second-order valence-corrected chi connectivity index (χ2v) is 6.63. The first-order chi connectivity index (χ1) is 9.79. The largest absolute Gasteiger partial charge is 0.508 e. The van der Waals surface area contributed by atoms with Gasteiger partial charge in [0.05, 0.1) is 15.6 Å². The van der Waals surface area contributed by atoms with E-state index >= 15 is 0 Å². The van der Waals surface area contributed by atoms with Crippen molar-refractivity contribution >= 4 is 15.5 Å². The average Bonchev–Trinajstić information content (AvgIpc) is 2.43. The van der Waals surface area contributed by atoms with Gasteiger partial charge >= 0.3 is 0 Å². The lowest BCUT2D eigenvalue weighted by Crippen LogP contribution is -2.05. The molecule has 0 aromatic heterocycles. The second kappa shape index (κ2) is 5.53. The van der Waals surface area contributed by atoms with Crippen LogP contribution in [0.3, 0.4) is 0 Å². The molecule has 2 aromatic rings. The molecule has 0 amide bonds. The Bertz CT molecular complexity index is 782. The van der Waals surface area contributed by atoms with Crippen LogP contribution < -0.4 is 0 Å². The Kier molecular flexibility index (Phi) is 3.95. The van der Waals surface area contributed by atoms with Crippen molar-refractivity contribution in [3.05, 3.63) is 63.7 Å². The third-order valence-electron chi connectivity index (χ3n) is 2.99. The third-order valence-corrected chi connectivity index (χ3v) is 4.67. The van der Waals surface area contributed by atoms with Crippen LogP contribution >= 0.6 is 0 Å².